The lowest BCUT2D eigenvalue weighted by atomic mass is 10.2. The number of fused-ring (bicyclic) bond motifs is 1. The zero-order chi connectivity index (χ0) is 33.5. The highest BCUT2D eigenvalue weighted by Crippen LogP contribution is 2.38. The van der Waals surface area contributed by atoms with E-state index in [0.29, 0.717) is 35.2 Å². The van der Waals surface area contributed by atoms with E-state index in [9.17, 15) is 10.1 Å². The fourth-order valence-electron chi connectivity index (χ4n) is 4.71. The predicted octanol–water partition coefficient (Wildman–Crippen LogP) is 5.71. The third kappa shape index (κ3) is 7.75. The van der Waals surface area contributed by atoms with E-state index < -0.39 is 0 Å². The number of methoxy groups -OCH3 is 1. The molecule has 0 aliphatic heterocycles. The van der Waals surface area contributed by atoms with E-state index in [-0.39, 0.29) is 23.2 Å². The first kappa shape index (κ1) is 32.3. The summed E-state index contributed by atoms with van der Waals surface area (Å²) in [5.74, 6) is 2.02. The Kier molecular flexibility index (Phi) is 9.83. The maximum atomic E-state index is 12.3. The third-order valence-electron chi connectivity index (χ3n) is 7.25. The van der Waals surface area contributed by atoms with Gasteiger partial charge in [0.2, 0.25) is 11.9 Å². The summed E-state index contributed by atoms with van der Waals surface area (Å²) in [5.41, 5.74) is 4.40. The molecule has 3 N–H and O–H groups in total. The van der Waals surface area contributed by atoms with Crippen molar-refractivity contribution in [2.45, 2.75) is 6.92 Å². The maximum absolute atomic E-state index is 12.3. The van der Waals surface area contributed by atoms with E-state index >= 15 is 0 Å². The van der Waals surface area contributed by atoms with Crippen LogP contribution in [0.15, 0.2) is 79.9 Å². The Bertz CT molecular complexity index is 1960. The van der Waals surface area contributed by atoms with Gasteiger partial charge in [0.1, 0.15) is 34.5 Å². The Labute approximate surface area is 273 Å². The first-order chi connectivity index (χ1) is 22.7. The summed E-state index contributed by atoms with van der Waals surface area (Å²) >= 11 is 0. The van der Waals surface area contributed by atoms with Crippen LogP contribution >= 0.6 is 0 Å². The number of pyridine rings is 1. The molecule has 0 fully saturated rings. The summed E-state index contributed by atoms with van der Waals surface area (Å²) in [7, 11) is 7.48. The summed E-state index contributed by atoms with van der Waals surface area (Å²) < 4.78 is 13.7. The number of imidazole rings is 1. The zero-order valence-corrected chi connectivity index (χ0v) is 26.9. The van der Waals surface area contributed by atoms with E-state index in [4.69, 9.17) is 9.47 Å². The van der Waals surface area contributed by atoms with E-state index in [0.717, 1.165) is 29.1 Å². The Morgan fingerprint density at radius 2 is 1.87 bits per heavy atom. The molecule has 0 aliphatic carbocycles. The van der Waals surface area contributed by atoms with Gasteiger partial charge in [-0.2, -0.15) is 10.2 Å². The van der Waals surface area contributed by atoms with Gasteiger partial charge in [-0.3, -0.25) is 4.79 Å². The van der Waals surface area contributed by atoms with Crippen LogP contribution in [0.4, 0.5) is 34.5 Å². The molecule has 240 valence electrons. The van der Waals surface area contributed by atoms with Crippen molar-refractivity contribution >= 4 is 46.1 Å². The number of likely N-dealkylation sites (N-methyl/N-ethyl adjacent to an activating group) is 2. The van der Waals surface area contributed by atoms with Crippen molar-refractivity contribution in [1.82, 2.24) is 24.3 Å². The van der Waals surface area contributed by atoms with Crippen molar-refractivity contribution in [2.75, 3.05) is 62.2 Å². The molecule has 0 aliphatic rings. The van der Waals surface area contributed by atoms with Gasteiger partial charge in [0.25, 0.3) is 0 Å². The molecule has 0 unspecified atom stereocenters. The summed E-state index contributed by atoms with van der Waals surface area (Å²) in [4.78, 5) is 29.7. The van der Waals surface area contributed by atoms with Gasteiger partial charge in [-0.05, 0) is 63.0 Å². The maximum Gasteiger partial charge on any atom is 0.247 e. The number of carbonyl (C=O) groups excluding carboxylic acids is 1. The van der Waals surface area contributed by atoms with Crippen LogP contribution in [0.25, 0.3) is 5.65 Å². The topological polar surface area (TPSA) is 145 Å². The van der Waals surface area contributed by atoms with E-state index in [2.05, 4.69) is 48.5 Å². The molecule has 13 heteroatoms. The quantitative estimate of drug-likeness (QED) is 0.137. The molecular formula is C34H36N10O3. The number of ether oxygens (including phenoxy) is 2. The first-order valence-corrected chi connectivity index (χ1v) is 14.7. The van der Waals surface area contributed by atoms with Gasteiger partial charge in [-0.1, -0.05) is 6.58 Å². The molecule has 5 aromatic rings. The number of aryl methyl sites for hydroxylation is 1. The minimum Gasteiger partial charge on any atom is -0.494 e. The van der Waals surface area contributed by atoms with Gasteiger partial charge in [-0.15, -0.1) is 0 Å². The molecule has 47 heavy (non-hydrogen) atoms. The van der Waals surface area contributed by atoms with E-state index in [1.165, 1.54) is 12.3 Å². The summed E-state index contributed by atoms with van der Waals surface area (Å²) in [6.07, 6.45) is 8.14. The van der Waals surface area contributed by atoms with Crippen LogP contribution in [-0.4, -0.2) is 71.5 Å². The van der Waals surface area contributed by atoms with Crippen LogP contribution in [0.1, 0.15) is 11.1 Å². The average Bonchev–Trinajstić information content (AvgIpc) is 3.53. The molecule has 0 saturated carbocycles. The molecule has 0 atom stereocenters. The summed E-state index contributed by atoms with van der Waals surface area (Å²) in [6.45, 7) is 7.02. The van der Waals surface area contributed by atoms with E-state index in [1.807, 2.05) is 86.2 Å². The van der Waals surface area contributed by atoms with E-state index in [1.54, 1.807) is 19.4 Å². The molecule has 13 nitrogen and oxygen atoms in total. The SMILES string of the molecule is C=CC(=O)Nc1cc(Nc2nc(Nc3ccc(Oc4ccn5ccnc5c4)c(C)c3)ncc2C#N)c(OC)cc1N(C)CCN(C)C. The van der Waals surface area contributed by atoms with Crippen LogP contribution < -0.4 is 30.3 Å². The highest BCUT2D eigenvalue weighted by molar-refractivity contribution is 6.02. The number of anilines is 6. The van der Waals surface area contributed by atoms with Crippen LogP contribution in [0.2, 0.25) is 0 Å². The van der Waals surface area contributed by atoms with Crippen molar-refractivity contribution in [3.05, 3.63) is 91.0 Å². The molecule has 0 spiro atoms. The Balaban J connectivity index is 1.39. The molecule has 0 saturated heterocycles. The lowest BCUT2D eigenvalue weighted by Crippen LogP contribution is -2.29. The number of benzene rings is 2. The Morgan fingerprint density at radius 1 is 1.04 bits per heavy atom. The number of carbonyl (C=O) groups is 1. The second-order valence-corrected chi connectivity index (χ2v) is 10.9. The minimum atomic E-state index is -0.361. The number of nitrogens with one attached hydrogen (secondary N) is 3. The summed E-state index contributed by atoms with van der Waals surface area (Å²) in [6, 6.07) is 15.1. The number of hydrogen-bond acceptors (Lipinski definition) is 11. The molecule has 3 heterocycles. The van der Waals surface area contributed by atoms with Crippen molar-refractivity contribution < 1.29 is 14.3 Å². The molecule has 1 amide bonds. The molecule has 5 rings (SSSR count). The van der Waals surface area contributed by atoms with Crippen LogP contribution in [0.5, 0.6) is 17.2 Å². The van der Waals surface area contributed by atoms with Gasteiger partial charge < -0.3 is 39.6 Å². The van der Waals surface area contributed by atoms with Gasteiger partial charge in [-0.25, -0.2) is 9.97 Å². The Morgan fingerprint density at radius 3 is 2.60 bits per heavy atom. The molecule has 3 aromatic heterocycles. The van der Waals surface area contributed by atoms with Crippen molar-refractivity contribution in [1.29, 1.82) is 5.26 Å². The second-order valence-electron chi connectivity index (χ2n) is 10.9. The number of rotatable bonds is 13. The van der Waals surface area contributed by atoms with Crippen molar-refractivity contribution in [3.63, 3.8) is 0 Å². The standard InChI is InChI=1S/C34H36N10O3/c1-7-32(45)39-26-18-27(30(46-6)19-28(26)43(5)15-14-42(3)4)40-33-23(20-35)21-37-34(41-33)38-24-8-9-29(22(2)16-24)47-25-10-12-44-13-11-36-31(44)17-25/h7-13,16-19,21H,1,14-15H2,2-6H3,(H,39,45)(H2,37,38,40,41). The number of aromatic nitrogens is 4. The van der Waals surface area contributed by atoms with Crippen molar-refractivity contribution in [2.24, 2.45) is 0 Å². The largest absolute Gasteiger partial charge is 0.494 e. The summed E-state index contributed by atoms with van der Waals surface area (Å²) in [5, 5.41) is 19.1. The zero-order valence-electron chi connectivity index (χ0n) is 26.9. The molecular weight excluding hydrogens is 596 g/mol. The average molecular weight is 633 g/mol. The number of nitrogens with zero attached hydrogens (tertiary/aromatic N) is 7. The first-order valence-electron chi connectivity index (χ1n) is 14.7. The smallest absolute Gasteiger partial charge is 0.247 e. The second kappa shape index (κ2) is 14.3. The fraction of sp³-hybridized carbons (Fsp3) is 0.206. The fourth-order valence-corrected chi connectivity index (χ4v) is 4.71. The number of hydrogen-bond donors (Lipinski definition) is 3. The monoisotopic (exact) mass is 632 g/mol. The Hall–Kier alpha value is -6.13. The lowest BCUT2D eigenvalue weighted by Gasteiger charge is -2.26. The predicted molar refractivity (Wildman–Crippen MR) is 183 cm³/mol. The van der Waals surface area contributed by atoms with Gasteiger partial charge in [0.15, 0.2) is 5.82 Å². The van der Waals surface area contributed by atoms with Crippen molar-refractivity contribution in [3.8, 4) is 23.3 Å². The number of amides is 1. The third-order valence-corrected chi connectivity index (χ3v) is 7.25. The molecule has 2 aromatic carbocycles. The molecule has 0 bridgehead atoms. The van der Waals surface area contributed by atoms with Crippen LogP contribution in [-0.2, 0) is 4.79 Å². The highest BCUT2D eigenvalue weighted by atomic mass is 16.5. The van der Waals surface area contributed by atoms with Gasteiger partial charge >= 0.3 is 0 Å². The van der Waals surface area contributed by atoms with Gasteiger partial charge in [0, 0.05) is 56.5 Å². The number of nitriles is 1. The van der Waals surface area contributed by atoms with Gasteiger partial charge in [0.05, 0.1) is 30.4 Å². The minimum absolute atomic E-state index is 0.218. The highest BCUT2D eigenvalue weighted by Gasteiger charge is 2.18. The normalized spacial score (nSPS) is 10.7. The lowest BCUT2D eigenvalue weighted by molar-refractivity contribution is -0.111. The van der Waals surface area contributed by atoms with Crippen LogP contribution in [0, 0.1) is 18.3 Å². The van der Waals surface area contributed by atoms with Crippen LogP contribution in [0.3, 0.4) is 0 Å². The molecule has 0 radical (unpaired) electrons.